The van der Waals surface area contributed by atoms with Crippen molar-refractivity contribution in [1.29, 1.82) is 0 Å². The number of amides is 1. The largest absolute Gasteiger partial charge is 0.456 e. The third-order valence-corrected chi connectivity index (χ3v) is 2.98. The summed E-state index contributed by atoms with van der Waals surface area (Å²) in [6.07, 6.45) is 0.824. The van der Waals surface area contributed by atoms with E-state index < -0.39 is 0 Å². The summed E-state index contributed by atoms with van der Waals surface area (Å²) >= 11 is 0. The van der Waals surface area contributed by atoms with Gasteiger partial charge in [0.05, 0.1) is 0 Å². The highest BCUT2D eigenvalue weighted by Gasteiger charge is 2.25. The average Bonchev–Trinajstić information content (AvgIpc) is 2.77. The quantitative estimate of drug-likeness (QED) is 0.819. The molecule has 0 spiro atoms. The minimum absolute atomic E-state index is 0.00806. The van der Waals surface area contributed by atoms with E-state index in [1.165, 1.54) is 0 Å². The van der Waals surface area contributed by atoms with Crippen LogP contribution < -0.4 is 5.32 Å². The maximum Gasteiger partial charge on any atom is 0.289 e. The van der Waals surface area contributed by atoms with E-state index >= 15 is 0 Å². The third-order valence-electron chi connectivity index (χ3n) is 2.98. The summed E-state index contributed by atoms with van der Waals surface area (Å²) in [4.78, 5) is 14.0. The molecular formula is C12H18N2O2. The number of rotatable bonds is 2. The van der Waals surface area contributed by atoms with Crippen LogP contribution in [0.5, 0.6) is 0 Å². The summed E-state index contributed by atoms with van der Waals surface area (Å²) in [5, 5.41) is 3.26. The monoisotopic (exact) mass is 222 g/mol. The van der Waals surface area contributed by atoms with E-state index in [2.05, 4.69) is 5.32 Å². The van der Waals surface area contributed by atoms with Gasteiger partial charge in [-0.15, -0.1) is 0 Å². The van der Waals surface area contributed by atoms with Gasteiger partial charge in [0.2, 0.25) is 0 Å². The highest BCUT2D eigenvalue weighted by Crippen LogP contribution is 2.14. The highest BCUT2D eigenvalue weighted by atomic mass is 16.4. The Kier molecular flexibility index (Phi) is 3.29. The predicted molar refractivity (Wildman–Crippen MR) is 61.5 cm³/mol. The number of carbonyl (C=O) groups is 1. The first-order valence-corrected chi connectivity index (χ1v) is 5.82. The van der Waals surface area contributed by atoms with Gasteiger partial charge in [-0.1, -0.05) is 6.92 Å². The van der Waals surface area contributed by atoms with Gasteiger partial charge in [0.15, 0.2) is 5.76 Å². The SMILES string of the molecule is CCc1ccc(C(=O)N2CCNC[C@H]2C)o1. The molecule has 2 heterocycles. The van der Waals surface area contributed by atoms with Gasteiger partial charge in [0.1, 0.15) is 5.76 Å². The molecule has 1 atom stereocenters. The van der Waals surface area contributed by atoms with Crippen LogP contribution in [0.3, 0.4) is 0 Å². The van der Waals surface area contributed by atoms with Crippen molar-refractivity contribution >= 4 is 5.91 Å². The molecule has 1 aromatic heterocycles. The van der Waals surface area contributed by atoms with Gasteiger partial charge in [0, 0.05) is 32.1 Å². The summed E-state index contributed by atoms with van der Waals surface area (Å²) < 4.78 is 5.48. The molecule has 1 saturated heterocycles. The number of nitrogens with one attached hydrogen (secondary N) is 1. The van der Waals surface area contributed by atoms with Crippen LogP contribution >= 0.6 is 0 Å². The molecule has 1 N–H and O–H groups in total. The lowest BCUT2D eigenvalue weighted by Crippen LogP contribution is -2.52. The Morgan fingerprint density at radius 3 is 3.06 bits per heavy atom. The van der Waals surface area contributed by atoms with Crippen LogP contribution in [0.4, 0.5) is 0 Å². The predicted octanol–water partition coefficient (Wildman–Crippen LogP) is 1.28. The lowest BCUT2D eigenvalue weighted by atomic mass is 10.2. The summed E-state index contributed by atoms with van der Waals surface area (Å²) in [5.74, 6) is 1.34. The fourth-order valence-electron chi connectivity index (χ4n) is 1.97. The Balaban J connectivity index is 2.11. The Hall–Kier alpha value is -1.29. The average molecular weight is 222 g/mol. The van der Waals surface area contributed by atoms with Crippen LogP contribution in [-0.2, 0) is 6.42 Å². The Morgan fingerprint density at radius 1 is 1.62 bits per heavy atom. The smallest absolute Gasteiger partial charge is 0.289 e. The van der Waals surface area contributed by atoms with Crippen LogP contribution in [0, 0.1) is 0 Å². The Morgan fingerprint density at radius 2 is 2.44 bits per heavy atom. The number of nitrogens with zero attached hydrogens (tertiary/aromatic N) is 1. The molecule has 1 amide bonds. The lowest BCUT2D eigenvalue weighted by Gasteiger charge is -2.33. The van der Waals surface area contributed by atoms with Crippen LogP contribution in [0.2, 0.25) is 0 Å². The van der Waals surface area contributed by atoms with Gasteiger partial charge in [-0.25, -0.2) is 0 Å². The van der Waals surface area contributed by atoms with Crippen molar-refractivity contribution in [2.45, 2.75) is 26.3 Å². The molecule has 0 unspecified atom stereocenters. The topological polar surface area (TPSA) is 45.5 Å². The fourth-order valence-corrected chi connectivity index (χ4v) is 1.97. The Bertz CT molecular complexity index is 373. The third kappa shape index (κ3) is 2.11. The van der Waals surface area contributed by atoms with Gasteiger partial charge in [-0.2, -0.15) is 0 Å². The van der Waals surface area contributed by atoms with E-state index in [9.17, 15) is 4.79 Å². The number of carbonyl (C=O) groups excluding carboxylic acids is 1. The van der Waals surface area contributed by atoms with E-state index in [1.54, 1.807) is 6.07 Å². The first-order valence-electron chi connectivity index (χ1n) is 5.82. The summed E-state index contributed by atoms with van der Waals surface area (Å²) in [6, 6.07) is 3.88. The van der Waals surface area contributed by atoms with Crippen molar-refractivity contribution in [2.75, 3.05) is 19.6 Å². The second-order valence-corrected chi connectivity index (χ2v) is 4.17. The number of aryl methyl sites for hydroxylation is 1. The molecule has 2 rings (SSSR count). The molecule has 1 fully saturated rings. The van der Waals surface area contributed by atoms with Crippen molar-refractivity contribution in [2.24, 2.45) is 0 Å². The first-order chi connectivity index (χ1) is 7.72. The van der Waals surface area contributed by atoms with E-state index in [0.717, 1.165) is 31.8 Å². The minimum atomic E-state index is 0.00806. The molecule has 1 aromatic rings. The summed E-state index contributed by atoms with van der Waals surface area (Å²) in [6.45, 7) is 6.53. The molecule has 0 aliphatic carbocycles. The van der Waals surface area contributed by atoms with E-state index in [-0.39, 0.29) is 11.9 Å². The van der Waals surface area contributed by atoms with Gasteiger partial charge in [-0.05, 0) is 19.1 Å². The minimum Gasteiger partial charge on any atom is -0.456 e. The molecule has 4 nitrogen and oxygen atoms in total. The maximum atomic E-state index is 12.1. The zero-order valence-corrected chi connectivity index (χ0v) is 9.82. The zero-order chi connectivity index (χ0) is 11.5. The van der Waals surface area contributed by atoms with Crippen molar-refractivity contribution in [1.82, 2.24) is 10.2 Å². The van der Waals surface area contributed by atoms with Crippen molar-refractivity contribution in [3.63, 3.8) is 0 Å². The maximum absolute atomic E-state index is 12.1. The van der Waals surface area contributed by atoms with Crippen molar-refractivity contribution < 1.29 is 9.21 Å². The molecule has 0 saturated carbocycles. The van der Waals surface area contributed by atoms with Crippen molar-refractivity contribution in [3.05, 3.63) is 23.7 Å². The standard InChI is InChI=1S/C12H18N2O2/c1-3-10-4-5-11(16-10)12(15)14-7-6-13-8-9(14)2/h4-5,9,13H,3,6-8H2,1-2H3/t9-/m1/s1. The van der Waals surface area contributed by atoms with Crippen LogP contribution in [0.25, 0.3) is 0 Å². The van der Waals surface area contributed by atoms with E-state index in [1.807, 2.05) is 24.8 Å². The second kappa shape index (κ2) is 4.70. The van der Waals surface area contributed by atoms with Crippen LogP contribution in [-0.4, -0.2) is 36.5 Å². The molecule has 1 aliphatic rings. The summed E-state index contributed by atoms with van der Waals surface area (Å²) in [5.41, 5.74) is 0. The van der Waals surface area contributed by atoms with Crippen molar-refractivity contribution in [3.8, 4) is 0 Å². The lowest BCUT2D eigenvalue weighted by molar-refractivity contribution is 0.0621. The molecule has 0 aromatic carbocycles. The number of hydrogen-bond donors (Lipinski definition) is 1. The molecule has 1 aliphatic heterocycles. The molecule has 16 heavy (non-hydrogen) atoms. The molecule has 88 valence electrons. The second-order valence-electron chi connectivity index (χ2n) is 4.17. The number of furan rings is 1. The van der Waals surface area contributed by atoms with Gasteiger partial charge >= 0.3 is 0 Å². The van der Waals surface area contributed by atoms with Crippen LogP contribution in [0.1, 0.15) is 30.2 Å². The van der Waals surface area contributed by atoms with Gasteiger partial charge < -0.3 is 14.6 Å². The van der Waals surface area contributed by atoms with E-state index in [0.29, 0.717) is 5.76 Å². The Labute approximate surface area is 95.6 Å². The fraction of sp³-hybridized carbons (Fsp3) is 0.583. The molecule has 4 heteroatoms. The molecule has 0 bridgehead atoms. The number of hydrogen-bond acceptors (Lipinski definition) is 3. The van der Waals surface area contributed by atoms with Crippen LogP contribution in [0.15, 0.2) is 16.5 Å². The highest BCUT2D eigenvalue weighted by molar-refractivity contribution is 5.91. The van der Waals surface area contributed by atoms with Gasteiger partial charge in [-0.3, -0.25) is 4.79 Å². The summed E-state index contributed by atoms with van der Waals surface area (Å²) in [7, 11) is 0. The van der Waals surface area contributed by atoms with Gasteiger partial charge in [0.25, 0.3) is 5.91 Å². The number of piperazine rings is 1. The molecule has 0 radical (unpaired) electrons. The normalized spacial score (nSPS) is 21.1. The molecular weight excluding hydrogens is 204 g/mol. The van der Waals surface area contributed by atoms with E-state index in [4.69, 9.17) is 4.42 Å². The zero-order valence-electron chi connectivity index (χ0n) is 9.82. The first kappa shape index (κ1) is 11.2.